The highest BCUT2D eigenvalue weighted by atomic mass is 16.5. The number of allylic oxidation sites excluding steroid dienone is 3. The molecule has 4 amide bonds. The second-order valence-corrected chi connectivity index (χ2v) is 14.4. The Morgan fingerprint density at radius 2 is 1.62 bits per heavy atom. The minimum Gasteiger partial charge on any atom is -0.507 e. The highest BCUT2D eigenvalue weighted by Gasteiger charge is 2.69. The molecule has 55 heavy (non-hydrogen) atoms. The summed E-state index contributed by atoms with van der Waals surface area (Å²) in [7, 11) is 1.44. The Morgan fingerprint density at radius 1 is 0.873 bits per heavy atom. The van der Waals surface area contributed by atoms with Gasteiger partial charge in [-0.1, -0.05) is 77.9 Å². The molecule has 0 radical (unpaired) electrons. The Balaban J connectivity index is 1.27. The van der Waals surface area contributed by atoms with E-state index >= 15 is 4.79 Å². The van der Waals surface area contributed by atoms with Crippen LogP contribution in [0, 0.1) is 36.5 Å². The van der Waals surface area contributed by atoms with Crippen molar-refractivity contribution < 1.29 is 44.0 Å². The number of hydrogen-bond acceptors (Lipinski definition) is 9. The van der Waals surface area contributed by atoms with Gasteiger partial charge in [-0.05, 0) is 73.2 Å². The molecule has 2 aliphatic carbocycles. The first kappa shape index (κ1) is 35.3. The molecule has 4 N–H and O–H groups in total. The van der Waals surface area contributed by atoms with Crippen molar-refractivity contribution in [2.24, 2.45) is 29.6 Å². The Labute approximate surface area is 315 Å². The molecule has 3 fully saturated rings. The van der Waals surface area contributed by atoms with E-state index in [0.717, 1.165) is 33.2 Å². The number of carbonyl (C=O) groups is 5. The van der Waals surface area contributed by atoms with Crippen LogP contribution in [0.4, 0.5) is 11.4 Å². The van der Waals surface area contributed by atoms with Crippen molar-refractivity contribution in [3.05, 3.63) is 131 Å². The van der Waals surface area contributed by atoms with E-state index in [0.29, 0.717) is 16.8 Å². The van der Waals surface area contributed by atoms with E-state index in [9.17, 15) is 34.5 Å². The lowest BCUT2D eigenvalue weighted by atomic mass is 9.50. The number of phenolic OH excluding ortho intramolecular Hbond substituents is 1. The van der Waals surface area contributed by atoms with E-state index in [1.165, 1.54) is 19.2 Å². The van der Waals surface area contributed by atoms with Crippen LogP contribution in [0.1, 0.15) is 39.9 Å². The molecule has 2 heterocycles. The monoisotopic (exact) mass is 739 g/mol. The first-order valence-electron chi connectivity index (χ1n) is 17.9. The number of hydrogen-bond donors (Lipinski definition) is 4. The maximum Gasteiger partial charge on any atom is 0.339 e. The first-order chi connectivity index (χ1) is 26.4. The van der Waals surface area contributed by atoms with Crippen LogP contribution in [0.5, 0.6) is 17.2 Å². The Hall–Kier alpha value is -6.69. The normalized spacial score (nSPS) is 25.8. The maximum atomic E-state index is 15.2. The van der Waals surface area contributed by atoms with Crippen LogP contribution in [0.25, 0.3) is 6.08 Å². The summed E-state index contributed by atoms with van der Waals surface area (Å²) in [5, 5.41) is 31.3. The minimum atomic E-state index is -1.45. The number of carbonyl (C=O) groups excluding carboxylic acids is 4. The predicted molar refractivity (Wildman–Crippen MR) is 201 cm³/mol. The minimum absolute atomic E-state index is 0.0428. The molecular weight excluding hydrogens is 702 g/mol. The van der Waals surface area contributed by atoms with Crippen LogP contribution in [0.15, 0.2) is 109 Å². The SMILES string of the molecule is COc1cc(C=CC2C3=CCC4C(=O)N(c5ccc(C(=O)O)c(O)c5)C(=O)C4C3CC3C(=O)N(Nc4ccc(C)cc4)C(=O)C23c2ccccc2)ccc1O. The summed E-state index contributed by atoms with van der Waals surface area (Å²) >= 11 is 0. The average Bonchev–Trinajstić information content (AvgIpc) is 3.56. The lowest BCUT2D eigenvalue weighted by Crippen LogP contribution is -2.54. The van der Waals surface area contributed by atoms with E-state index in [-0.39, 0.29) is 35.6 Å². The van der Waals surface area contributed by atoms with Crippen molar-refractivity contribution in [2.45, 2.75) is 25.2 Å². The van der Waals surface area contributed by atoms with Crippen LogP contribution in [0.2, 0.25) is 0 Å². The summed E-state index contributed by atoms with van der Waals surface area (Å²) in [6, 6.07) is 24.9. The molecule has 1 saturated carbocycles. The fourth-order valence-electron chi connectivity index (χ4n) is 9.09. The van der Waals surface area contributed by atoms with Gasteiger partial charge in [0, 0.05) is 12.0 Å². The number of ether oxygens (including phenoxy) is 1. The quantitative estimate of drug-likeness (QED) is 0.127. The lowest BCUT2D eigenvalue weighted by Gasteiger charge is -2.49. The first-order valence-corrected chi connectivity index (χ1v) is 17.9. The zero-order valence-corrected chi connectivity index (χ0v) is 29.9. The van der Waals surface area contributed by atoms with Gasteiger partial charge in [0.05, 0.1) is 41.7 Å². The molecule has 6 unspecified atom stereocenters. The third-order valence-corrected chi connectivity index (χ3v) is 11.6. The summed E-state index contributed by atoms with van der Waals surface area (Å²) in [6.45, 7) is 1.93. The highest BCUT2D eigenvalue weighted by molar-refractivity contribution is 6.23. The zero-order chi connectivity index (χ0) is 38.8. The third kappa shape index (κ3) is 5.47. The highest BCUT2D eigenvalue weighted by Crippen LogP contribution is 2.61. The molecule has 12 heteroatoms. The van der Waals surface area contributed by atoms with Crippen molar-refractivity contribution in [2.75, 3.05) is 17.4 Å². The molecule has 8 rings (SSSR count). The fraction of sp³-hybridized carbons (Fsp3) is 0.233. The van der Waals surface area contributed by atoms with E-state index in [4.69, 9.17) is 4.74 Å². The standard InChI is InChI=1S/C43H37N3O9/c1-23-8-12-26(13-9-23)44-46-39(50)33-22-31-28(16-17-30-37(31)40(51)45(38(30)49)27-14-15-29(41(52)53)35(48)21-27)32(18-10-24-11-19-34(47)36(20-24)55-2)43(33,42(46)54)25-6-4-3-5-7-25/h3-16,18-21,30-33,37,44,47-48H,17,22H2,1-2H3,(H,52,53). The van der Waals surface area contributed by atoms with Gasteiger partial charge >= 0.3 is 5.97 Å². The van der Waals surface area contributed by atoms with Crippen LogP contribution in [0.3, 0.4) is 0 Å². The number of carboxylic acid groups (broad SMARTS) is 1. The van der Waals surface area contributed by atoms with Crippen molar-refractivity contribution in [3.8, 4) is 17.2 Å². The van der Waals surface area contributed by atoms with Crippen LogP contribution in [-0.2, 0) is 24.6 Å². The van der Waals surface area contributed by atoms with Gasteiger partial charge in [0.15, 0.2) is 11.5 Å². The summed E-state index contributed by atoms with van der Waals surface area (Å²) in [4.78, 5) is 71.1. The molecule has 12 nitrogen and oxygen atoms in total. The zero-order valence-electron chi connectivity index (χ0n) is 29.9. The number of nitrogens with zero attached hydrogens (tertiary/aromatic N) is 2. The largest absolute Gasteiger partial charge is 0.507 e. The number of amides is 4. The molecule has 2 saturated heterocycles. The number of aromatic carboxylic acids is 1. The fourth-order valence-corrected chi connectivity index (χ4v) is 9.09. The molecule has 278 valence electrons. The van der Waals surface area contributed by atoms with Crippen LogP contribution < -0.4 is 15.1 Å². The second kappa shape index (κ2) is 13.3. The molecule has 4 aromatic rings. The number of aryl methyl sites for hydroxylation is 1. The maximum absolute atomic E-state index is 15.2. The molecular formula is C43H37N3O9. The molecule has 6 atom stereocenters. The number of anilines is 2. The lowest BCUT2D eigenvalue weighted by molar-refractivity contribution is -0.139. The number of rotatable bonds is 8. The van der Waals surface area contributed by atoms with Gasteiger partial charge in [-0.2, -0.15) is 5.01 Å². The molecule has 2 aliphatic heterocycles. The van der Waals surface area contributed by atoms with E-state index in [1.807, 2.05) is 61.5 Å². The topological polar surface area (TPSA) is 174 Å². The van der Waals surface area contributed by atoms with Gasteiger partial charge < -0.3 is 20.1 Å². The van der Waals surface area contributed by atoms with Gasteiger partial charge in [-0.25, -0.2) is 9.69 Å². The second-order valence-electron chi connectivity index (χ2n) is 14.4. The number of imide groups is 2. The Kier molecular flexibility index (Phi) is 8.55. The van der Waals surface area contributed by atoms with Crippen molar-refractivity contribution in [1.29, 1.82) is 0 Å². The molecule has 0 bridgehead atoms. The van der Waals surface area contributed by atoms with Gasteiger partial charge in [0.25, 0.3) is 11.8 Å². The van der Waals surface area contributed by atoms with Crippen molar-refractivity contribution >= 4 is 47.0 Å². The average molecular weight is 740 g/mol. The number of aromatic hydroxyl groups is 2. The number of phenols is 2. The summed E-state index contributed by atoms with van der Waals surface area (Å²) < 4.78 is 5.34. The number of fused-ring (bicyclic) bond motifs is 4. The van der Waals surface area contributed by atoms with Crippen LogP contribution >= 0.6 is 0 Å². The van der Waals surface area contributed by atoms with Gasteiger partial charge in [-0.3, -0.25) is 24.6 Å². The van der Waals surface area contributed by atoms with Gasteiger partial charge in [0.2, 0.25) is 11.8 Å². The number of hydrazine groups is 1. The third-order valence-electron chi connectivity index (χ3n) is 11.6. The Morgan fingerprint density at radius 3 is 2.31 bits per heavy atom. The van der Waals surface area contributed by atoms with E-state index < -0.39 is 70.4 Å². The summed E-state index contributed by atoms with van der Waals surface area (Å²) in [5.74, 6) is -7.73. The number of carboxylic acids is 1. The van der Waals surface area contributed by atoms with Crippen LogP contribution in [-0.4, -0.2) is 57.0 Å². The smallest absolute Gasteiger partial charge is 0.339 e. The summed E-state index contributed by atoms with van der Waals surface area (Å²) in [5.41, 5.74) is 4.85. The number of benzene rings is 4. The molecule has 0 aromatic heterocycles. The van der Waals surface area contributed by atoms with Crippen molar-refractivity contribution in [3.63, 3.8) is 0 Å². The van der Waals surface area contributed by atoms with Gasteiger partial charge in [0.1, 0.15) is 11.3 Å². The molecule has 4 aliphatic rings. The summed E-state index contributed by atoms with van der Waals surface area (Å²) in [6.07, 6.45) is 5.86. The predicted octanol–water partition coefficient (Wildman–Crippen LogP) is 5.85. The Bertz CT molecular complexity index is 2340. The molecule has 0 spiro atoms. The number of nitrogens with one attached hydrogen (secondary N) is 1. The van der Waals surface area contributed by atoms with Crippen molar-refractivity contribution in [1.82, 2.24) is 5.01 Å². The molecule has 4 aromatic carbocycles. The van der Waals surface area contributed by atoms with E-state index in [1.54, 1.807) is 30.3 Å². The number of methoxy groups -OCH3 is 1. The van der Waals surface area contributed by atoms with Gasteiger partial charge in [-0.15, -0.1) is 0 Å². The van der Waals surface area contributed by atoms with E-state index in [2.05, 4.69) is 5.43 Å².